The Morgan fingerprint density at radius 2 is 2.07 bits per heavy atom. The summed E-state index contributed by atoms with van der Waals surface area (Å²) in [4.78, 5) is 15.8. The van der Waals surface area contributed by atoms with Gasteiger partial charge in [0.2, 0.25) is 5.91 Å². The molecular weight excluding hydrogens is 390 g/mol. The summed E-state index contributed by atoms with van der Waals surface area (Å²) in [5, 5.41) is 6.95. The van der Waals surface area contributed by atoms with Crippen molar-refractivity contribution in [1.82, 2.24) is 14.7 Å². The smallest absolute Gasteiger partial charge is 0.233 e. The lowest BCUT2D eigenvalue weighted by Gasteiger charge is -2.26. The van der Waals surface area contributed by atoms with E-state index in [9.17, 15) is 4.79 Å². The zero-order valence-electron chi connectivity index (χ0n) is 15.4. The van der Waals surface area contributed by atoms with Crippen LogP contribution in [0.15, 0.2) is 54.0 Å². The molecule has 0 N–H and O–H groups in total. The number of aromatic nitrogens is 2. The summed E-state index contributed by atoms with van der Waals surface area (Å²) in [7, 11) is 0. The summed E-state index contributed by atoms with van der Waals surface area (Å²) in [6.07, 6.45) is 4.35. The van der Waals surface area contributed by atoms with Gasteiger partial charge in [0.1, 0.15) is 11.1 Å². The van der Waals surface area contributed by atoms with Crippen molar-refractivity contribution < 1.29 is 9.53 Å². The van der Waals surface area contributed by atoms with Gasteiger partial charge in [-0.15, -0.1) is 23.1 Å². The van der Waals surface area contributed by atoms with E-state index >= 15 is 0 Å². The van der Waals surface area contributed by atoms with Crippen molar-refractivity contribution in [1.29, 1.82) is 0 Å². The molecule has 2 aromatic heterocycles. The number of carbonyl (C=O) groups is 1. The Labute approximate surface area is 172 Å². The normalized spacial score (nSPS) is 22.3. The van der Waals surface area contributed by atoms with Crippen LogP contribution in [0.3, 0.4) is 0 Å². The minimum atomic E-state index is -0.0220. The number of hydrogen-bond donors (Lipinski definition) is 0. The Morgan fingerprint density at radius 1 is 1.18 bits per heavy atom. The minimum Gasteiger partial charge on any atom is -0.376 e. The second-order valence-electron chi connectivity index (χ2n) is 7.03. The second-order valence-corrected chi connectivity index (χ2v) is 9.05. The average molecular weight is 412 g/mol. The molecule has 0 unspecified atom stereocenters. The number of nitrogens with zero attached hydrogens (tertiary/aromatic N) is 3. The maximum atomic E-state index is 12.6. The van der Waals surface area contributed by atoms with Gasteiger partial charge in [-0.1, -0.05) is 24.3 Å². The van der Waals surface area contributed by atoms with Gasteiger partial charge in [0.15, 0.2) is 0 Å². The highest BCUT2D eigenvalue weighted by Gasteiger charge is 2.37. The van der Waals surface area contributed by atoms with E-state index in [1.807, 2.05) is 46.0 Å². The lowest BCUT2D eigenvalue weighted by molar-refractivity contribution is -0.129. The zero-order chi connectivity index (χ0) is 18.9. The highest BCUT2D eigenvalue weighted by molar-refractivity contribution is 8.00. The third-order valence-corrected chi connectivity index (χ3v) is 7.29. The predicted molar refractivity (Wildman–Crippen MR) is 113 cm³/mol. The van der Waals surface area contributed by atoms with Crippen molar-refractivity contribution in [3.05, 3.63) is 59.6 Å². The van der Waals surface area contributed by atoms with Gasteiger partial charge in [-0.05, 0) is 36.4 Å². The maximum Gasteiger partial charge on any atom is 0.233 e. The van der Waals surface area contributed by atoms with Crippen LogP contribution in [0.2, 0.25) is 0 Å². The standard InChI is InChI=1S/C21H21N3O2S2/c25-19-14-28-21(23(19)12-16-8-4-10-26-16)17-13-24(15-6-2-1-3-7-15)22-20(17)18-9-5-11-27-18/h1-3,5-7,9,11,13,16,21H,4,8,10,12,14H2/t16-,21+/m0/s1. The molecule has 2 aliphatic rings. The molecule has 0 radical (unpaired) electrons. The van der Waals surface area contributed by atoms with Crippen LogP contribution >= 0.6 is 23.1 Å². The molecule has 0 spiro atoms. The second kappa shape index (κ2) is 7.73. The summed E-state index contributed by atoms with van der Waals surface area (Å²) in [6, 6.07) is 14.3. The van der Waals surface area contributed by atoms with Gasteiger partial charge < -0.3 is 9.64 Å². The van der Waals surface area contributed by atoms with Crippen LogP contribution in [-0.2, 0) is 9.53 Å². The van der Waals surface area contributed by atoms with E-state index in [0.717, 1.165) is 41.3 Å². The number of benzene rings is 1. The lowest BCUT2D eigenvalue weighted by Crippen LogP contribution is -2.35. The highest BCUT2D eigenvalue weighted by atomic mass is 32.2. The Hall–Kier alpha value is -2.09. The first-order valence-electron chi connectivity index (χ1n) is 9.51. The van der Waals surface area contributed by atoms with Gasteiger partial charge in [-0.2, -0.15) is 5.10 Å². The molecule has 0 aliphatic carbocycles. The van der Waals surface area contributed by atoms with Crippen molar-refractivity contribution in [2.75, 3.05) is 18.9 Å². The molecule has 2 atom stereocenters. The van der Waals surface area contributed by atoms with E-state index in [1.54, 1.807) is 23.1 Å². The molecule has 3 aromatic rings. The van der Waals surface area contributed by atoms with Gasteiger partial charge in [0.05, 0.1) is 22.4 Å². The van der Waals surface area contributed by atoms with Gasteiger partial charge in [-0.3, -0.25) is 4.79 Å². The summed E-state index contributed by atoms with van der Waals surface area (Å²) in [5.74, 6) is 0.702. The molecule has 5 nitrogen and oxygen atoms in total. The number of ether oxygens (including phenoxy) is 1. The van der Waals surface area contributed by atoms with Crippen molar-refractivity contribution >= 4 is 29.0 Å². The molecule has 2 aliphatic heterocycles. The summed E-state index contributed by atoms with van der Waals surface area (Å²) >= 11 is 3.37. The first-order valence-corrected chi connectivity index (χ1v) is 11.4. The Kier molecular flexibility index (Phi) is 4.96. The third-order valence-electron chi connectivity index (χ3n) is 5.18. The quantitative estimate of drug-likeness (QED) is 0.626. The Balaban J connectivity index is 1.54. The van der Waals surface area contributed by atoms with E-state index in [1.165, 1.54) is 0 Å². The fraction of sp³-hybridized carbons (Fsp3) is 0.333. The molecule has 0 bridgehead atoms. The molecule has 2 saturated heterocycles. The number of para-hydroxylation sites is 1. The topological polar surface area (TPSA) is 47.4 Å². The Morgan fingerprint density at radius 3 is 2.82 bits per heavy atom. The van der Waals surface area contributed by atoms with Gasteiger partial charge in [-0.25, -0.2) is 4.68 Å². The summed E-state index contributed by atoms with van der Waals surface area (Å²) < 4.78 is 7.73. The molecule has 0 saturated carbocycles. The maximum absolute atomic E-state index is 12.6. The number of hydrogen-bond acceptors (Lipinski definition) is 5. The fourth-order valence-corrected chi connectivity index (χ4v) is 5.74. The average Bonchev–Trinajstić information content (AvgIpc) is 3.51. The van der Waals surface area contributed by atoms with E-state index in [2.05, 4.69) is 17.6 Å². The largest absolute Gasteiger partial charge is 0.376 e. The highest BCUT2D eigenvalue weighted by Crippen LogP contribution is 2.43. The van der Waals surface area contributed by atoms with Crippen molar-refractivity contribution in [3.63, 3.8) is 0 Å². The minimum absolute atomic E-state index is 0.0220. The third kappa shape index (κ3) is 3.38. The first-order chi connectivity index (χ1) is 13.8. The van der Waals surface area contributed by atoms with Crippen LogP contribution in [0.5, 0.6) is 0 Å². The number of carbonyl (C=O) groups excluding carboxylic acids is 1. The van der Waals surface area contributed by atoms with Crippen LogP contribution < -0.4 is 0 Å². The van der Waals surface area contributed by atoms with Crippen molar-refractivity contribution in [2.45, 2.75) is 24.3 Å². The van der Waals surface area contributed by atoms with Gasteiger partial charge in [0, 0.05) is 24.9 Å². The molecule has 144 valence electrons. The molecule has 2 fully saturated rings. The summed E-state index contributed by atoms with van der Waals surface area (Å²) in [5.41, 5.74) is 3.08. The van der Waals surface area contributed by atoms with Crippen molar-refractivity contribution in [2.24, 2.45) is 0 Å². The first kappa shape index (κ1) is 18.0. The summed E-state index contributed by atoms with van der Waals surface area (Å²) in [6.45, 7) is 1.47. The van der Waals surface area contributed by atoms with Gasteiger partial charge >= 0.3 is 0 Å². The molecule has 1 aromatic carbocycles. The monoisotopic (exact) mass is 411 g/mol. The molecule has 5 rings (SSSR count). The van der Waals surface area contributed by atoms with E-state index < -0.39 is 0 Å². The Bertz CT molecular complexity index is 949. The molecule has 1 amide bonds. The zero-order valence-corrected chi connectivity index (χ0v) is 17.0. The molecule has 28 heavy (non-hydrogen) atoms. The SMILES string of the molecule is O=C1CS[C@H](c2cn(-c3ccccc3)nc2-c2cccs2)N1C[C@@H]1CCCO1. The van der Waals surface area contributed by atoms with Crippen LogP contribution in [0.25, 0.3) is 16.3 Å². The van der Waals surface area contributed by atoms with E-state index in [4.69, 9.17) is 9.84 Å². The van der Waals surface area contributed by atoms with Crippen LogP contribution in [0, 0.1) is 0 Å². The number of amides is 1. The van der Waals surface area contributed by atoms with Crippen molar-refractivity contribution in [3.8, 4) is 16.3 Å². The number of thioether (sulfide) groups is 1. The van der Waals surface area contributed by atoms with E-state index in [-0.39, 0.29) is 17.4 Å². The number of thiophene rings is 1. The molecule has 7 heteroatoms. The van der Waals surface area contributed by atoms with Crippen LogP contribution in [0.1, 0.15) is 23.8 Å². The van der Waals surface area contributed by atoms with E-state index in [0.29, 0.717) is 12.3 Å². The lowest BCUT2D eigenvalue weighted by atomic mass is 10.1. The number of rotatable bonds is 5. The fourth-order valence-electron chi connectivity index (χ4n) is 3.80. The van der Waals surface area contributed by atoms with Crippen LogP contribution in [0.4, 0.5) is 0 Å². The molecule has 4 heterocycles. The van der Waals surface area contributed by atoms with Gasteiger partial charge in [0.25, 0.3) is 0 Å². The molecular formula is C21H21N3O2S2. The van der Waals surface area contributed by atoms with Crippen LogP contribution in [-0.4, -0.2) is 45.6 Å². The predicted octanol–water partition coefficient (Wildman–Crippen LogP) is 4.35.